The van der Waals surface area contributed by atoms with Crippen LogP contribution in [0.1, 0.15) is 35.7 Å². The third-order valence-electron chi connectivity index (χ3n) is 4.68. The predicted octanol–water partition coefficient (Wildman–Crippen LogP) is 3.79. The van der Waals surface area contributed by atoms with E-state index in [4.69, 9.17) is 4.74 Å². The Hall–Kier alpha value is -1.85. The summed E-state index contributed by atoms with van der Waals surface area (Å²) in [6.45, 7) is 6.49. The Bertz CT molecular complexity index is 664. The first-order chi connectivity index (χ1) is 12.3. The summed E-state index contributed by atoms with van der Waals surface area (Å²) in [6.07, 6.45) is 2.27. The van der Waals surface area contributed by atoms with Gasteiger partial charge in [-0.2, -0.15) is 11.3 Å². The lowest BCUT2D eigenvalue weighted by Gasteiger charge is -2.31. The summed E-state index contributed by atoms with van der Waals surface area (Å²) in [5.41, 5.74) is 2.03. The van der Waals surface area contributed by atoms with Gasteiger partial charge in [0.1, 0.15) is 5.75 Å². The Labute approximate surface area is 153 Å². The van der Waals surface area contributed by atoms with Gasteiger partial charge in [0.15, 0.2) is 0 Å². The van der Waals surface area contributed by atoms with E-state index in [1.54, 1.807) is 11.3 Å². The van der Waals surface area contributed by atoms with Crippen LogP contribution in [0.15, 0.2) is 41.1 Å². The number of ether oxygens (including phenoxy) is 1. The molecule has 1 aromatic carbocycles. The number of amides is 1. The van der Waals surface area contributed by atoms with Gasteiger partial charge in [0.05, 0.1) is 12.2 Å². The number of nitrogens with one attached hydrogen (secondary N) is 1. The minimum Gasteiger partial charge on any atom is -0.493 e. The van der Waals surface area contributed by atoms with Crippen LogP contribution in [-0.2, 0) is 6.54 Å². The summed E-state index contributed by atoms with van der Waals surface area (Å²) in [5.74, 6) is 1.18. The van der Waals surface area contributed by atoms with Crippen LogP contribution in [0.4, 0.5) is 0 Å². The molecule has 0 radical (unpaired) electrons. The third kappa shape index (κ3) is 5.06. The molecular formula is C20H26N2O2S. The fourth-order valence-corrected chi connectivity index (χ4v) is 3.92. The number of carbonyl (C=O) groups is 1. The first-order valence-electron chi connectivity index (χ1n) is 8.99. The van der Waals surface area contributed by atoms with Crippen LogP contribution in [0.25, 0.3) is 0 Å². The van der Waals surface area contributed by atoms with E-state index in [9.17, 15) is 4.79 Å². The number of para-hydroxylation sites is 1. The molecule has 1 N–H and O–H groups in total. The Morgan fingerprint density at radius 1 is 1.28 bits per heavy atom. The SMILES string of the molecule is CCOc1ccccc1C(=O)NCC1CCN(Cc2ccsc2)CC1. The molecule has 0 unspecified atom stereocenters. The molecule has 1 fully saturated rings. The molecule has 0 atom stereocenters. The van der Waals surface area contributed by atoms with Crippen LogP contribution in [-0.4, -0.2) is 37.0 Å². The second-order valence-corrected chi connectivity index (χ2v) is 7.27. The average molecular weight is 359 g/mol. The highest BCUT2D eigenvalue weighted by atomic mass is 32.1. The number of rotatable bonds is 7. The van der Waals surface area contributed by atoms with Crippen molar-refractivity contribution in [3.63, 3.8) is 0 Å². The van der Waals surface area contributed by atoms with Crippen LogP contribution in [0.3, 0.4) is 0 Å². The number of likely N-dealkylation sites (tertiary alicyclic amines) is 1. The van der Waals surface area contributed by atoms with Gasteiger partial charge in [-0.15, -0.1) is 0 Å². The Morgan fingerprint density at radius 2 is 2.08 bits per heavy atom. The molecule has 2 heterocycles. The number of thiophene rings is 1. The molecule has 2 aromatic rings. The molecule has 5 heteroatoms. The van der Waals surface area contributed by atoms with Gasteiger partial charge in [-0.05, 0) is 73.3 Å². The van der Waals surface area contributed by atoms with Gasteiger partial charge >= 0.3 is 0 Å². The maximum atomic E-state index is 12.5. The monoisotopic (exact) mass is 358 g/mol. The van der Waals surface area contributed by atoms with Crippen molar-refractivity contribution < 1.29 is 9.53 Å². The number of carbonyl (C=O) groups excluding carboxylic acids is 1. The molecule has 134 valence electrons. The topological polar surface area (TPSA) is 41.6 Å². The van der Waals surface area contributed by atoms with Crippen LogP contribution < -0.4 is 10.1 Å². The normalized spacial score (nSPS) is 15.9. The number of piperidine rings is 1. The van der Waals surface area contributed by atoms with Crippen LogP contribution in [0.2, 0.25) is 0 Å². The zero-order valence-corrected chi connectivity index (χ0v) is 15.6. The average Bonchev–Trinajstić information content (AvgIpc) is 3.15. The van der Waals surface area contributed by atoms with E-state index >= 15 is 0 Å². The maximum absolute atomic E-state index is 12.5. The highest BCUT2D eigenvalue weighted by Crippen LogP contribution is 2.21. The van der Waals surface area contributed by atoms with E-state index in [0.29, 0.717) is 23.8 Å². The summed E-state index contributed by atoms with van der Waals surface area (Å²) in [4.78, 5) is 15.0. The Kier molecular flexibility index (Phi) is 6.48. The molecule has 1 amide bonds. The van der Waals surface area contributed by atoms with Crippen molar-refractivity contribution in [3.05, 3.63) is 52.2 Å². The van der Waals surface area contributed by atoms with Crippen LogP contribution >= 0.6 is 11.3 Å². The summed E-state index contributed by atoms with van der Waals surface area (Å²) in [6, 6.07) is 9.64. The lowest BCUT2D eigenvalue weighted by molar-refractivity contribution is 0.0931. The van der Waals surface area contributed by atoms with Gasteiger partial charge in [0, 0.05) is 13.1 Å². The predicted molar refractivity (Wildman–Crippen MR) is 102 cm³/mol. The molecule has 0 bridgehead atoms. The Balaban J connectivity index is 1.44. The molecule has 3 rings (SSSR count). The number of hydrogen-bond acceptors (Lipinski definition) is 4. The summed E-state index contributed by atoms with van der Waals surface area (Å²) < 4.78 is 5.55. The highest BCUT2D eigenvalue weighted by molar-refractivity contribution is 7.07. The first-order valence-corrected chi connectivity index (χ1v) is 9.94. The zero-order chi connectivity index (χ0) is 17.5. The van der Waals surface area contributed by atoms with E-state index in [0.717, 1.165) is 39.0 Å². The summed E-state index contributed by atoms with van der Waals surface area (Å²) in [5, 5.41) is 7.45. The van der Waals surface area contributed by atoms with Gasteiger partial charge in [-0.3, -0.25) is 9.69 Å². The second-order valence-electron chi connectivity index (χ2n) is 6.49. The van der Waals surface area contributed by atoms with Gasteiger partial charge in [-0.1, -0.05) is 12.1 Å². The van der Waals surface area contributed by atoms with E-state index in [1.165, 1.54) is 5.56 Å². The molecule has 1 saturated heterocycles. The van der Waals surface area contributed by atoms with Crippen molar-refractivity contribution in [1.82, 2.24) is 10.2 Å². The van der Waals surface area contributed by atoms with Crippen LogP contribution in [0, 0.1) is 5.92 Å². The van der Waals surface area contributed by atoms with Crippen molar-refractivity contribution in [3.8, 4) is 5.75 Å². The highest BCUT2D eigenvalue weighted by Gasteiger charge is 2.20. The lowest BCUT2D eigenvalue weighted by atomic mass is 9.96. The van der Waals surface area contributed by atoms with E-state index in [2.05, 4.69) is 27.0 Å². The van der Waals surface area contributed by atoms with Gasteiger partial charge in [-0.25, -0.2) is 0 Å². The molecule has 1 aliphatic rings. The van der Waals surface area contributed by atoms with Gasteiger partial charge in [0.25, 0.3) is 5.91 Å². The third-order valence-corrected chi connectivity index (χ3v) is 5.41. The lowest BCUT2D eigenvalue weighted by Crippen LogP contribution is -2.38. The van der Waals surface area contributed by atoms with E-state index in [-0.39, 0.29) is 5.91 Å². The first kappa shape index (κ1) is 18.0. The summed E-state index contributed by atoms with van der Waals surface area (Å²) >= 11 is 1.76. The zero-order valence-electron chi connectivity index (χ0n) is 14.7. The van der Waals surface area contributed by atoms with E-state index < -0.39 is 0 Å². The van der Waals surface area contributed by atoms with Crippen LogP contribution in [0.5, 0.6) is 5.75 Å². The molecule has 4 nitrogen and oxygen atoms in total. The quantitative estimate of drug-likeness (QED) is 0.819. The number of benzene rings is 1. The van der Waals surface area contributed by atoms with Crippen molar-refractivity contribution in [2.45, 2.75) is 26.3 Å². The Morgan fingerprint density at radius 3 is 2.80 bits per heavy atom. The minimum atomic E-state index is -0.0373. The number of hydrogen-bond donors (Lipinski definition) is 1. The van der Waals surface area contributed by atoms with Crippen molar-refractivity contribution in [2.75, 3.05) is 26.2 Å². The smallest absolute Gasteiger partial charge is 0.255 e. The fraction of sp³-hybridized carbons (Fsp3) is 0.450. The molecule has 0 aliphatic carbocycles. The molecule has 1 aromatic heterocycles. The van der Waals surface area contributed by atoms with Gasteiger partial charge < -0.3 is 10.1 Å². The maximum Gasteiger partial charge on any atom is 0.255 e. The fourth-order valence-electron chi connectivity index (χ4n) is 3.26. The summed E-state index contributed by atoms with van der Waals surface area (Å²) in [7, 11) is 0. The van der Waals surface area contributed by atoms with Gasteiger partial charge in [0.2, 0.25) is 0 Å². The van der Waals surface area contributed by atoms with E-state index in [1.807, 2.05) is 31.2 Å². The molecule has 1 aliphatic heterocycles. The minimum absolute atomic E-state index is 0.0373. The standard InChI is InChI=1S/C20H26N2O2S/c1-2-24-19-6-4-3-5-18(19)20(23)21-13-16-7-10-22(11-8-16)14-17-9-12-25-15-17/h3-6,9,12,15-16H,2,7-8,10-11,13-14H2,1H3,(H,21,23). The molecule has 0 spiro atoms. The second kappa shape index (κ2) is 9.02. The van der Waals surface area contributed by atoms with Crippen molar-refractivity contribution >= 4 is 17.2 Å². The molecular weight excluding hydrogens is 332 g/mol. The largest absolute Gasteiger partial charge is 0.493 e. The van der Waals surface area contributed by atoms with Crippen molar-refractivity contribution in [2.24, 2.45) is 5.92 Å². The molecule has 0 saturated carbocycles. The molecule has 25 heavy (non-hydrogen) atoms. The van der Waals surface area contributed by atoms with Crippen molar-refractivity contribution in [1.29, 1.82) is 0 Å². The number of nitrogens with zero attached hydrogens (tertiary/aromatic N) is 1.